The quantitative estimate of drug-likeness (QED) is 0.430. The van der Waals surface area contributed by atoms with E-state index in [1.807, 2.05) is 30.9 Å². The number of hydrogen-bond donors (Lipinski definition) is 0. The van der Waals surface area contributed by atoms with E-state index in [9.17, 15) is 4.79 Å². The van der Waals surface area contributed by atoms with Gasteiger partial charge in [-0.1, -0.05) is 18.7 Å². The molecule has 1 heterocycles. The van der Waals surface area contributed by atoms with Gasteiger partial charge in [0.25, 0.3) is 0 Å². The Morgan fingerprint density at radius 3 is 3.22 bits per heavy atom. The summed E-state index contributed by atoms with van der Waals surface area (Å²) in [6.07, 6.45) is 9.24. The first-order valence-electron chi connectivity index (χ1n) is 5.50. The lowest BCUT2D eigenvalue weighted by molar-refractivity contribution is -0.122. The number of allylic oxidation sites excluding steroid dienone is 4. The Kier molecular flexibility index (Phi) is 6.23. The fraction of sp³-hybridized carbons (Fsp3) is 0.308. The SMILES string of the molecule is C=C(C)N(C)[B]CC1C=CC=C(C#COC=O)S1. The van der Waals surface area contributed by atoms with Crippen molar-refractivity contribution >= 4 is 25.6 Å². The monoisotopic (exact) mass is 260 g/mol. The van der Waals surface area contributed by atoms with Crippen molar-refractivity contribution in [3.8, 4) is 12.0 Å². The summed E-state index contributed by atoms with van der Waals surface area (Å²) in [4.78, 5) is 12.9. The minimum absolute atomic E-state index is 0.323. The summed E-state index contributed by atoms with van der Waals surface area (Å²) in [6.45, 7) is 6.16. The third-order valence-corrected chi connectivity index (χ3v) is 3.49. The molecule has 1 aliphatic rings. The first kappa shape index (κ1) is 14.5. The van der Waals surface area contributed by atoms with E-state index in [0.717, 1.165) is 16.9 Å². The molecular formula is C13H15BNO2S. The van der Waals surface area contributed by atoms with Gasteiger partial charge in [-0.05, 0) is 38.0 Å². The number of hydrogen-bond acceptors (Lipinski definition) is 4. The van der Waals surface area contributed by atoms with Gasteiger partial charge in [0.05, 0.1) is 4.91 Å². The van der Waals surface area contributed by atoms with E-state index < -0.39 is 0 Å². The number of carbonyl (C=O) groups is 1. The predicted octanol–water partition coefficient (Wildman–Crippen LogP) is 2.18. The van der Waals surface area contributed by atoms with E-state index in [4.69, 9.17) is 0 Å². The van der Waals surface area contributed by atoms with Crippen LogP contribution in [0.1, 0.15) is 6.92 Å². The van der Waals surface area contributed by atoms with Crippen molar-refractivity contribution in [2.24, 2.45) is 0 Å². The van der Waals surface area contributed by atoms with Crippen LogP contribution in [0, 0.1) is 12.0 Å². The van der Waals surface area contributed by atoms with Crippen LogP contribution in [0.2, 0.25) is 6.32 Å². The average molecular weight is 260 g/mol. The van der Waals surface area contributed by atoms with Gasteiger partial charge in [-0.2, -0.15) is 0 Å². The lowest BCUT2D eigenvalue weighted by Crippen LogP contribution is -2.23. The molecule has 18 heavy (non-hydrogen) atoms. The van der Waals surface area contributed by atoms with Crippen LogP contribution in [-0.2, 0) is 9.53 Å². The van der Waals surface area contributed by atoms with Gasteiger partial charge < -0.3 is 9.55 Å². The van der Waals surface area contributed by atoms with Crippen molar-refractivity contribution in [2.75, 3.05) is 7.05 Å². The Hall–Kier alpha value is -1.54. The number of thioether (sulfide) groups is 1. The van der Waals surface area contributed by atoms with E-state index >= 15 is 0 Å². The maximum absolute atomic E-state index is 9.97. The summed E-state index contributed by atoms with van der Waals surface area (Å²) in [6, 6.07) is 0. The zero-order valence-corrected chi connectivity index (χ0v) is 11.4. The number of nitrogens with zero attached hydrogens (tertiary/aromatic N) is 1. The second kappa shape index (κ2) is 7.73. The second-order valence-corrected chi connectivity index (χ2v) is 5.06. The molecule has 0 saturated carbocycles. The molecule has 0 aromatic rings. The molecule has 1 unspecified atom stereocenters. The molecule has 1 atom stereocenters. The van der Waals surface area contributed by atoms with E-state index in [1.165, 1.54) is 0 Å². The van der Waals surface area contributed by atoms with Crippen molar-refractivity contribution in [3.05, 3.63) is 35.4 Å². The van der Waals surface area contributed by atoms with Gasteiger partial charge in [-0.15, -0.1) is 11.8 Å². The molecule has 0 spiro atoms. The van der Waals surface area contributed by atoms with E-state index in [-0.39, 0.29) is 0 Å². The van der Waals surface area contributed by atoms with Crippen LogP contribution in [-0.4, -0.2) is 31.0 Å². The summed E-state index contributed by atoms with van der Waals surface area (Å²) in [5.41, 5.74) is 1.01. The normalized spacial score (nSPS) is 17.0. The van der Waals surface area contributed by atoms with Crippen LogP contribution in [0.15, 0.2) is 35.4 Å². The van der Waals surface area contributed by atoms with E-state index in [0.29, 0.717) is 11.7 Å². The first-order valence-corrected chi connectivity index (χ1v) is 6.38. The maximum atomic E-state index is 9.97. The maximum Gasteiger partial charge on any atom is 0.307 e. The smallest absolute Gasteiger partial charge is 0.307 e. The second-order valence-electron chi connectivity index (χ2n) is 3.78. The molecule has 0 bridgehead atoms. The highest BCUT2D eigenvalue weighted by Gasteiger charge is 2.13. The molecule has 3 nitrogen and oxygen atoms in total. The summed E-state index contributed by atoms with van der Waals surface area (Å²) in [5.74, 6) is 2.79. The topological polar surface area (TPSA) is 29.5 Å². The van der Waals surface area contributed by atoms with Gasteiger partial charge in [0, 0.05) is 5.25 Å². The molecule has 1 radical (unpaired) electrons. The highest BCUT2D eigenvalue weighted by molar-refractivity contribution is 8.04. The average Bonchev–Trinajstić information content (AvgIpc) is 2.36. The Morgan fingerprint density at radius 1 is 1.78 bits per heavy atom. The molecular weight excluding hydrogens is 245 g/mol. The third kappa shape index (κ3) is 5.20. The van der Waals surface area contributed by atoms with Gasteiger partial charge in [-0.3, -0.25) is 4.79 Å². The van der Waals surface area contributed by atoms with Crippen LogP contribution in [0.25, 0.3) is 0 Å². The number of carbonyl (C=O) groups excluding carboxylic acids is 1. The van der Waals surface area contributed by atoms with Gasteiger partial charge in [-0.25, -0.2) is 0 Å². The molecule has 0 N–H and O–H groups in total. The van der Waals surface area contributed by atoms with Crippen molar-refractivity contribution in [1.82, 2.24) is 4.81 Å². The molecule has 0 aromatic carbocycles. The van der Waals surface area contributed by atoms with Gasteiger partial charge in [0.1, 0.15) is 6.11 Å². The summed E-state index contributed by atoms with van der Waals surface area (Å²) in [7, 11) is 4.08. The molecule has 1 aliphatic heterocycles. The molecule has 0 aromatic heterocycles. The highest BCUT2D eigenvalue weighted by Crippen LogP contribution is 2.28. The van der Waals surface area contributed by atoms with Gasteiger partial charge in [0.15, 0.2) is 0 Å². The lowest BCUT2D eigenvalue weighted by atomic mass is 9.84. The van der Waals surface area contributed by atoms with Crippen molar-refractivity contribution in [3.63, 3.8) is 0 Å². The fourth-order valence-electron chi connectivity index (χ4n) is 1.23. The predicted molar refractivity (Wildman–Crippen MR) is 76.7 cm³/mol. The molecule has 0 saturated heterocycles. The van der Waals surface area contributed by atoms with Crippen molar-refractivity contribution in [2.45, 2.75) is 18.5 Å². The standard InChI is InChI=1S/C13H15BNO2S/c1-11(2)15(3)14-9-13-6-4-5-12(18-13)7-8-17-10-16/h4-6,10,13H,1,9H2,2-3H3. The summed E-state index contributed by atoms with van der Waals surface area (Å²) in [5, 5.41) is 0.345. The first-order chi connectivity index (χ1) is 8.63. The number of rotatable bonds is 5. The largest absolute Gasteiger partial charge is 0.426 e. The van der Waals surface area contributed by atoms with Crippen LogP contribution in [0.5, 0.6) is 0 Å². The van der Waals surface area contributed by atoms with E-state index in [2.05, 4.69) is 36.8 Å². The van der Waals surface area contributed by atoms with Crippen LogP contribution in [0.4, 0.5) is 0 Å². The van der Waals surface area contributed by atoms with Gasteiger partial charge in [0.2, 0.25) is 7.41 Å². The molecule has 0 amide bonds. The third-order valence-electron chi connectivity index (χ3n) is 2.35. The Bertz CT molecular complexity index is 434. The van der Waals surface area contributed by atoms with Crippen LogP contribution < -0.4 is 0 Å². The minimum atomic E-state index is 0.323. The lowest BCUT2D eigenvalue weighted by Gasteiger charge is -2.21. The molecule has 5 heteroatoms. The molecule has 93 valence electrons. The minimum Gasteiger partial charge on any atom is -0.426 e. The van der Waals surface area contributed by atoms with E-state index in [1.54, 1.807) is 11.8 Å². The molecule has 1 rings (SSSR count). The Morgan fingerprint density at radius 2 is 2.56 bits per heavy atom. The molecule has 0 aliphatic carbocycles. The van der Waals surface area contributed by atoms with Crippen LogP contribution in [0.3, 0.4) is 0 Å². The Balaban J connectivity index is 2.42. The zero-order chi connectivity index (χ0) is 13.4. The van der Waals surface area contributed by atoms with Crippen LogP contribution >= 0.6 is 11.8 Å². The summed E-state index contributed by atoms with van der Waals surface area (Å²) < 4.78 is 4.35. The van der Waals surface area contributed by atoms with Crippen molar-refractivity contribution < 1.29 is 9.53 Å². The highest BCUT2D eigenvalue weighted by atomic mass is 32.2. The Labute approximate surface area is 113 Å². The zero-order valence-electron chi connectivity index (χ0n) is 10.6. The molecule has 0 fully saturated rings. The number of ether oxygens (including phenoxy) is 1. The van der Waals surface area contributed by atoms with Gasteiger partial charge >= 0.3 is 6.47 Å². The summed E-state index contributed by atoms with van der Waals surface area (Å²) >= 11 is 1.65. The van der Waals surface area contributed by atoms with Crippen molar-refractivity contribution in [1.29, 1.82) is 0 Å². The fourth-order valence-corrected chi connectivity index (χ4v) is 2.16.